The molecule has 2 heterocycles. The number of carbonyl (C=O) groups is 1. The predicted molar refractivity (Wildman–Crippen MR) is 80.1 cm³/mol. The molecule has 2 N–H and O–H groups in total. The van der Waals surface area contributed by atoms with E-state index in [0.717, 1.165) is 50.6 Å². The zero-order valence-corrected chi connectivity index (χ0v) is 12.6. The van der Waals surface area contributed by atoms with Crippen LogP contribution in [0.3, 0.4) is 0 Å². The summed E-state index contributed by atoms with van der Waals surface area (Å²) in [5.41, 5.74) is 1.20. The Hall–Kier alpha value is -0.910. The van der Waals surface area contributed by atoms with Crippen LogP contribution in [0, 0.1) is 13.8 Å². The topological polar surface area (TPSA) is 44.4 Å². The summed E-state index contributed by atoms with van der Waals surface area (Å²) >= 11 is 1.58. The summed E-state index contributed by atoms with van der Waals surface area (Å²) in [6.07, 6.45) is 1.02. The number of carbonyl (C=O) groups excluding carboxylic acids is 1. The molecule has 1 aliphatic rings. The maximum Gasteiger partial charge on any atom is 0.261 e. The molecular weight excluding hydrogens is 258 g/mol. The van der Waals surface area contributed by atoms with E-state index in [0.29, 0.717) is 0 Å². The van der Waals surface area contributed by atoms with E-state index in [2.05, 4.69) is 22.5 Å². The third kappa shape index (κ3) is 4.30. The van der Waals surface area contributed by atoms with Gasteiger partial charge in [0, 0.05) is 37.6 Å². The first-order chi connectivity index (χ1) is 9.16. The highest BCUT2D eigenvalue weighted by Gasteiger charge is 2.11. The first kappa shape index (κ1) is 14.5. The molecule has 0 spiro atoms. The van der Waals surface area contributed by atoms with Gasteiger partial charge >= 0.3 is 0 Å². The van der Waals surface area contributed by atoms with Crippen LogP contribution in [0.1, 0.15) is 26.5 Å². The summed E-state index contributed by atoms with van der Waals surface area (Å²) < 4.78 is 0. The van der Waals surface area contributed by atoms with Gasteiger partial charge in [0.2, 0.25) is 0 Å². The maximum atomic E-state index is 11.9. The van der Waals surface area contributed by atoms with Crippen LogP contribution in [0.15, 0.2) is 6.07 Å². The van der Waals surface area contributed by atoms with Gasteiger partial charge < -0.3 is 15.5 Å². The normalized spacial score (nSPS) is 16.5. The van der Waals surface area contributed by atoms with Crippen LogP contribution in [0.4, 0.5) is 0 Å². The van der Waals surface area contributed by atoms with Gasteiger partial charge in [-0.1, -0.05) is 0 Å². The van der Waals surface area contributed by atoms with Crippen LogP contribution in [-0.2, 0) is 0 Å². The minimum absolute atomic E-state index is 0.0708. The number of piperazine rings is 1. The van der Waals surface area contributed by atoms with Crippen LogP contribution in [-0.4, -0.2) is 50.1 Å². The van der Waals surface area contributed by atoms with Crippen molar-refractivity contribution in [1.82, 2.24) is 15.5 Å². The molecule has 1 aromatic heterocycles. The second kappa shape index (κ2) is 7.03. The van der Waals surface area contributed by atoms with Crippen molar-refractivity contribution in [2.75, 3.05) is 39.3 Å². The average molecular weight is 281 g/mol. The van der Waals surface area contributed by atoms with E-state index in [1.807, 2.05) is 13.0 Å². The molecule has 0 saturated carbocycles. The lowest BCUT2D eigenvalue weighted by Gasteiger charge is -2.27. The van der Waals surface area contributed by atoms with E-state index in [4.69, 9.17) is 0 Å². The molecule has 19 heavy (non-hydrogen) atoms. The number of thiophene rings is 1. The van der Waals surface area contributed by atoms with Gasteiger partial charge in [-0.2, -0.15) is 0 Å². The Labute approximate surface area is 119 Å². The van der Waals surface area contributed by atoms with Crippen LogP contribution in [0.2, 0.25) is 0 Å². The fourth-order valence-electron chi connectivity index (χ4n) is 2.21. The fraction of sp³-hybridized carbons (Fsp3) is 0.643. The largest absolute Gasteiger partial charge is 0.351 e. The standard InChI is InChI=1S/C14H23N3OS/c1-11-10-13(19-12(11)2)14(18)16-4-3-7-17-8-5-15-6-9-17/h10,15H,3-9H2,1-2H3,(H,16,18). The number of hydrogen-bond donors (Lipinski definition) is 2. The van der Waals surface area contributed by atoms with Gasteiger partial charge in [-0.25, -0.2) is 0 Å². The lowest BCUT2D eigenvalue weighted by Crippen LogP contribution is -2.44. The van der Waals surface area contributed by atoms with Crippen LogP contribution < -0.4 is 10.6 Å². The Bertz CT molecular complexity index is 405. The van der Waals surface area contributed by atoms with E-state index in [1.54, 1.807) is 11.3 Å². The number of rotatable bonds is 5. The summed E-state index contributed by atoms with van der Waals surface area (Å²) in [6, 6.07) is 1.98. The van der Waals surface area contributed by atoms with Crippen molar-refractivity contribution in [2.24, 2.45) is 0 Å². The van der Waals surface area contributed by atoms with Crippen molar-refractivity contribution in [1.29, 1.82) is 0 Å². The second-order valence-electron chi connectivity index (χ2n) is 5.05. The van der Waals surface area contributed by atoms with Gasteiger partial charge in [0.25, 0.3) is 5.91 Å². The molecule has 1 aliphatic heterocycles. The first-order valence-corrected chi connectivity index (χ1v) is 7.77. The van der Waals surface area contributed by atoms with Gasteiger partial charge in [0.05, 0.1) is 4.88 Å². The summed E-state index contributed by atoms with van der Waals surface area (Å²) in [7, 11) is 0. The fourth-order valence-corrected chi connectivity index (χ4v) is 3.16. The van der Waals surface area contributed by atoms with Gasteiger partial charge in [-0.15, -0.1) is 11.3 Å². The van der Waals surface area contributed by atoms with Crippen molar-refractivity contribution in [2.45, 2.75) is 20.3 Å². The highest BCUT2D eigenvalue weighted by atomic mass is 32.1. The number of hydrogen-bond acceptors (Lipinski definition) is 4. The Morgan fingerprint density at radius 1 is 1.42 bits per heavy atom. The van der Waals surface area contributed by atoms with Crippen molar-refractivity contribution >= 4 is 17.2 Å². The van der Waals surface area contributed by atoms with Crippen molar-refractivity contribution < 1.29 is 4.79 Å². The molecule has 0 radical (unpaired) electrons. The maximum absolute atomic E-state index is 11.9. The smallest absolute Gasteiger partial charge is 0.261 e. The zero-order chi connectivity index (χ0) is 13.7. The lowest BCUT2D eigenvalue weighted by molar-refractivity contribution is 0.0955. The highest BCUT2D eigenvalue weighted by Crippen LogP contribution is 2.20. The molecule has 0 aromatic carbocycles. The minimum atomic E-state index is 0.0708. The van der Waals surface area contributed by atoms with E-state index in [1.165, 1.54) is 10.4 Å². The third-order valence-corrected chi connectivity index (χ3v) is 4.69. The molecule has 0 unspecified atom stereocenters. The molecule has 1 saturated heterocycles. The van der Waals surface area contributed by atoms with E-state index >= 15 is 0 Å². The molecule has 2 rings (SSSR count). The van der Waals surface area contributed by atoms with Crippen LogP contribution in [0.25, 0.3) is 0 Å². The quantitative estimate of drug-likeness (QED) is 0.802. The molecule has 0 atom stereocenters. The molecule has 4 nitrogen and oxygen atoms in total. The summed E-state index contributed by atoms with van der Waals surface area (Å²) in [5, 5.41) is 6.35. The van der Waals surface area contributed by atoms with Gasteiger partial charge in [-0.05, 0) is 38.4 Å². The van der Waals surface area contributed by atoms with Gasteiger partial charge in [0.1, 0.15) is 0 Å². The second-order valence-corrected chi connectivity index (χ2v) is 6.31. The molecular formula is C14H23N3OS. The summed E-state index contributed by atoms with van der Waals surface area (Å²) in [5.74, 6) is 0.0708. The molecule has 5 heteroatoms. The van der Waals surface area contributed by atoms with Gasteiger partial charge in [0.15, 0.2) is 0 Å². The van der Waals surface area contributed by atoms with E-state index in [-0.39, 0.29) is 5.91 Å². The number of nitrogens with zero attached hydrogens (tertiary/aromatic N) is 1. The van der Waals surface area contributed by atoms with E-state index < -0.39 is 0 Å². The number of aryl methyl sites for hydroxylation is 2. The number of nitrogens with one attached hydrogen (secondary N) is 2. The molecule has 1 aromatic rings. The Morgan fingerprint density at radius 3 is 2.79 bits per heavy atom. The predicted octanol–water partition coefficient (Wildman–Crippen LogP) is 1.39. The summed E-state index contributed by atoms with van der Waals surface area (Å²) in [4.78, 5) is 16.4. The van der Waals surface area contributed by atoms with Crippen LogP contribution >= 0.6 is 11.3 Å². The first-order valence-electron chi connectivity index (χ1n) is 6.95. The average Bonchev–Trinajstić information content (AvgIpc) is 2.76. The zero-order valence-electron chi connectivity index (χ0n) is 11.8. The minimum Gasteiger partial charge on any atom is -0.351 e. The molecule has 1 fully saturated rings. The molecule has 0 bridgehead atoms. The monoisotopic (exact) mass is 281 g/mol. The molecule has 1 amide bonds. The van der Waals surface area contributed by atoms with E-state index in [9.17, 15) is 4.79 Å². The summed E-state index contributed by atoms with van der Waals surface area (Å²) in [6.45, 7) is 10.4. The SMILES string of the molecule is Cc1cc(C(=O)NCCCN2CCNCC2)sc1C. The Morgan fingerprint density at radius 2 is 2.16 bits per heavy atom. The molecule has 106 valence electrons. The highest BCUT2D eigenvalue weighted by molar-refractivity contribution is 7.14. The van der Waals surface area contributed by atoms with Crippen molar-refractivity contribution in [3.05, 3.63) is 21.4 Å². The van der Waals surface area contributed by atoms with Gasteiger partial charge in [-0.3, -0.25) is 4.79 Å². The number of amides is 1. The molecule has 0 aliphatic carbocycles. The third-order valence-electron chi connectivity index (χ3n) is 3.54. The Balaban J connectivity index is 1.66. The van der Waals surface area contributed by atoms with Crippen molar-refractivity contribution in [3.63, 3.8) is 0 Å². The van der Waals surface area contributed by atoms with Crippen molar-refractivity contribution in [3.8, 4) is 0 Å². The lowest BCUT2D eigenvalue weighted by atomic mass is 10.3. The van der Waals surface area contributed by atoms with Crippen LogP contribution in [0.5, 0.6) is 0 Å². The Kier molecular flexibility index (Phi) is 5.36.